The van der Waals surface area contributed by atoms with E-state index in [0.717, 1.165) is 19.4 Å². The number of esters is 1. The molecule has 114 valence electrons. The Labute approximate surface area is 123 Å². The summed E-state index contributed by atoms with van der Waals surface area (Å²) in [5, 5.41) is 21.2. The van der Waals surface area contributed by atoms with Crippen molar-refractivity contribution in [2.75, 3.05) is 7.11 Å². The smallest absolute Gasteiger partial charge is 0.341 e. The van der Waals surface area contributed by atoms with Gasteiger partial charge in [-0.3, -0.25) is 10.1 Å². The molecule has 0 saturated heterocycles. The molecule has 2 aromatic rings. The number of methoxy groups -OCH3 is 1. The summed E-state index contributed by atoms with van der Waals surface area (Å²) in [7, 11) is 1.14. The van der Waals surface area contributed by atoms with Crippen LogP contribution in [0.2, 0.25) is 0 Å². The first-order valence-corrected chi connectivity index (χ1v) is 6.08. The quantitative estimate of drug-likeness (QED) is 0.515. The molecule has 0 amide bonds. The summed E-state index contributed by atoms with van der Waals surface area (Å²) in [6, 6.07) is 6.51. The monoisotopic (exact) mass is 305 g/mol. The van der Waals surface area contributed by atoms with E-state index >= 15 is 0 Å². The third kappa shape index (κ3) is 2.86. The lowest BCUT2D eigenvalue weighted by molar-refractivity contribution is -0.386. The molecule has 1 heterocycles. The molecule has 0 aliphatic heterocycles. The minimum absolute atomic E-state index is 0.0817. The Bertz CT molecular complexity index is 781. The number of benzene rings is 1. The molecule has 22 heavy (non-hydrogen) atoms. The van der Waals surface area contributed by atoms with E-state index in [0.29, 0.717) is 0 Å². The molecular weight excluding hydrogens is 294 g/mol. The maximum Gasteiger partial charge on any atom is 0.341 e. The summed E-state index contributed by atoms with van der Waals surface area (Å²) in [6.45, 7) is 0. The highest BCUT2D eigenvalue weighted by Crippen LogP contribution is 2.28. The minimum Gasteiger partial charge on any atom is -0.465 e. The number of nitro benzene ring substituents is 1. The van der Waals surface area contributed by atoms with Gasteiger partial charge in [-0.1, -0.05) is 12.1 Å². The van der Waals surface area contributed by atoms with Crippen molar-refractivity contribution in [1.29, 1.82) is 0 Å². The van der Waals surface area contributed by atoms with E-state index in [9.17, 15) is 24.8 Å². The van der Waals surface area contributed by atoms with E-state index < -0.39 is 22.6 Å². The Kier molecular flexibility index (Phi) is 4.33. The highest BCUT2D eigenvalue weighted by molar-refractivity contribution is 5.88. The van der Waals surface area contributed by atoms with Crippen molar-refractivity contribution in [3.8, 4) is 0 Å². The van der Waals surface area contributed by atoms with Gasteiger partial charge in [0, 0.05) is 6.07 Å². The standard InChI is InChI=1S/C14H11NO7/c1-21-13(17)8-6-10(14(18)22-7-8)12(16)9-4-2-3-5-11(9)15(19)20/h2-7,12,16H,1H3. The molecule has 8 heteroatoms. The number of nitrogens with zero attached hydrogens (tertiary/aromatic N) is 1. The highest BCUT2D eigenvalue weighted by Gasteiger charge is 2.25. The molecule has 8 nitrogen and oxygen atoms in total. The third-order valence-corrected chi connectivity index (χ3v) is 2.98. The normalized spacial score (nSPS) is 11.7. The SMILES string of the molecule is COC(=O)c1coc(=O)c(C(O)c2ccccc2[N+](=O)[O-])c1. The molecule has 1 atom stereocenters. The predicted molar refractivity (Wildman–Crippen MR) is 73.5 cm³/mol. The minimum atomic E-state index is -1.61. The molecule has 0 saturated carbocycles. The number of para-hydroxylation sites is 1. The van der Waals surface area contributed by atoms with Crippen molar-refractivity contribution in [3.05, 3.63) is 73.8 Å². The fourth-order valence-corrected chi connectivity index (χ4v) is 1.91. The van der Waals surface area contributed by atoms with Crippen LogP contribution in [0.5, 0.6) is 0 Å². The van der Waals surface area contributed by atoms with E-state index in [-0.39, 0.29) is 22.4 Å². The first kappa shape index (κ1) is 15.4. The van der Waals surface area contributed by atoms with Gasteiger partial charge < -0.3 is 14.3 Å². The van der Waals surface area contributed by atoms with E-state index in [4.69, 9.17) is 0 Å². The number of carbonyl (C=O) groups is 1. The number of carbonyl (C=O) groups excluding carboxylic acids is 1. The van der Waals surface area contributed by atoms with E-state index in [2.05, 4.69) is 9.15 Å². The number of nitro groups is 1. The predicted octanol–water partition coefficient (Wildman–Crippen LogP) is 1.42. The molecule has 0 aliphatic carbocycles. The molecule has 1 N–H and O–H groups in total. The van der Waals surface area contributed by atoms with Gasteiger partial charge in [-0.05, 0) is 12.1 Å². The summed E-state index contributed by atoms with van der Waals surface area (Å²) in [5.74, 6) is -0.764. The van der Waals surface area contributed by atoms with Crippen molar-refractivity contribution >= 4 is 11.7 Å². The van der Waals surface area contributed by atoms with Crippen molar-refractivity contribution in [2.24, 2.45) is 0 Å². The molecule has 0 fully saturated rings. The Morgan fingerprint density at radius 3 is 2.68 bits per heavy atom. The first-order chi connectivity index (χ1) is 10.5. The summed E-state index contributed by atoms with van der Waals surface area (Å²) in [4.78, 5) is 33.5. The Morgan fingerprint density at radius 1 is 1.36 bits per heavy atom. The van der Waals surface area contributed by atoms with E-state index in [1.165, 1.54) is 24.3 Å². The van der Waals surface area contributed by atoms with Gasteiger partial charge in [-0.25, -0.2) is 9.59 Å². The van der Waals surface area contributed by atoms with Crippen LogP contribution < -0.4 is 5.63 Å². The van der Waals surface area contributed by atoms with Gasteiger partial charge >= 0.3 is 11.6 Å². The number of rotatable bonds is 4. The van der Waals surface area contributed by atoms with E-state index in [1.807, 2.05) is 0 Å². The third-order valence-electron chi connectivity index (χ3n) is 2.98. The molecule has 0 spiro atoms. The van der Waals surface area contributed by atoms with Gasteiger partial charge in [0.2, 0.25) is 0 Å². The number of aliphatic hydroxyl groups excluding tert-OH is 1. The molecular formula is C14H11NO7. The zero-order chi connectivity index (χ0) is 16.3. The maximum atomic E-state index is 11.7. The lowest BCUT2D eigenvalue weighted by Crippen LogP contribution is -2.16. The summed E-state index contributed by atoms with van der Waals surface area (Å²) >= 11 is 0. The van der Waals surface area contributed by atoms with Crippen molar-refractivity contribution in [3.63, 3.8) is 0 Å². The van der Waals surface area contributed by atoms with Crippen LogP contribution in [0.1, 0.15) is 27.6 Å². The molecule has 0 bridgehead atoms. The Balaban J connectivity index is 2.55. The van der Waals surface area contributed by atoms with Crippen LogP contribution in [0.25, 0.3) is 0 Å². The van der Waals surface area contributed by atoms with Crippen LogP contribution >= 0.6 is 0 Å². The first-order valence-electron chi connectivity index (χ1n) is 6.08. The summed E-state index contributed by atoms with van der Waals surface area (Å²) < 4.78 is 9.16. The second-order valence-corrected chi connectivity index (χ2v) is 4.29. The largest absolute Gasteiger partial charge is 0.465 e. The average Bonchev–Trinajstić information content (AvgIpc) is 2.53. The lowest BCUT2D eigenvalue weighted by atomic mass is 10.0. The average molecular weight is 305 g/mol. The van der Waals surface area contributed by atoms with Gasteiger partial charge in [0.15, 0.2) is 0 Å². The van der Waals surface area contributed by atoms with Crippen LogP contribution in [-0.2, 0) is 4.74 Å². The summed E-state index contributed by atoms with van der Waals surface area (Å²) in [6.07, 6.45) is -0.716. The number of ether oxygens (including phenoxy) is 1. The molecule has 1 aromatic heterocycles. The molecule has 1 unspecified atom stereocenters. The van der Waals surface area contributed by atoms with Gasteiger partial charge in [-0.15, -0.1) is 0 Å². The van der Waals surface area contributed by atoms with Gasteiger partial charge in [0.05, 0.1) is 28.7 Å². The topological polar surface area (TPSA) is 120 Å². The van der Waals surface area contributed by atoms with Crippen LogP contribution in [-0.4, -0.2) is 23.1 Å². The van der Waals surface area contributed by atoms with Gasteiger partial charge in [-0.2, -0.15) is 0 Å². The van der Waals surface area contributed by atoms with Gasteiger partial charge in [0.25, 0.3) is 5.69 Å². The fourth-order valence-electron chi connectivity index (χ4n) is 1.91. The van der Waals surface area contributed by atoms with Crippen LogP contribution in [0.3, 0.4) is 0 Å². The summed E-state index contributed by atoms with van der Waals surface area (Å²) in [5.41, 5.74) is -1.72. The highest BCUT2D eigenvalue weighted by atomic mass is 16.6. The zero-order valence-electron chi connectivity index (χ0n) is 11.4. The Morgan fingerprint density at radius 2 is 2.05 bits per heavy atom. The lowest BCUT2D eigenvalue weighted by Gasteiger charge is -2.11. The van der Waals surface area contributed by atoms with Crippen LogP contribution in [0, 0.1) is 10.1 Å². The zero-order valence-corrected chi connectivity index (χ0v) is 11.4. The Hall–Kier alpha value is -3.00. The fraction of sp³-hybridized carbons (Fsp3) is 0.143. The van der Waals surface area contributed by atoms with E-state index in [1.54, 1.807) is 0 Å². The van der Waals surface area contributed by atoms with Crippen LogP contribution in [0.15, 0.2) is 45.8 Å². The van der Waals surface area contributed by atoms with Crippen molar-refractivity contribution in [2.45, 2.75) is 6.10 Å². The van der Waals surface area contributed by atoms with Crippen molar-refractivity contribution in [1.82, 2.24) is 0 Å². The van der Waals surface area contributed by atoms with Crippen LogP contribution in [0.4, 0.5) is 5.69 Å². The molecule has 1 aromatic carbocycles. The molecule has 0 radical (unpaired) electrons. The molecule has 2 rings (SSSR count). The molecule has 0 aliphatic rings. The van der Waals surface area contributed by atoms with Gasteiger partial charge in [0.1, 0.15) is 12.4 Å². The van der Waals surface area contributed by atoms with Crippen molar-refractivity contribution < 1.29 is 24.0 Å². The number of hydrogen-bond donors (Lipinski definition) is 1. The maximum absolute atomic E-state index is 11.7. The number of hydrogen-bond acceptors (Lipinski definition) is 7. The second-order valence-electron chi connectivity index (χ2n) is 4.29. The number of aliphatic hydroxyl groups is 1. The second kappa shape index (κ2) is 6.19.